The Kier molecular flexibility index (Phi) is 10.9. The highest BCUT2D eigenvalue weighted by Crippen LogP contribution is 2.42. The molecular formula is C38H42N4O7S. The Morgan fingerprint density at radius 2 is 1.66 bits per heavy atom. The second kappa shape index (κ2) is 15.1. The molecule has 0 atom stereocenters. The number of carbonyl (C=O) groups is 4. The number of rotatable bonds is 9. The van der Waals surface area contributed by atoms with Crippen molar-refractivity contribution in [2.45, 2.75) is 66.5 Å². The fraction of sp³-hybridized carbons (Fsp3) is 0.342. The molecule has 3 heterocycles. The number of pyridine rings is 1. The van der Waals surface area contributed by atoms with Gasteiger partial charge in [0.05, 0.1) is 13.7 Å². The average molecular weight is 699 g/mol. The van der Waals surface area contributed by atoms with Crippen molar-refractivity contribution in [2.75, 3.05) is 25.6 Å². The first kappa shape index (κ1) is 36.1. The molecule has 2 aromatic heterocycles. The van der Waals surface area contributed by atoms with Gasteiger partial charge in [-0.2, -0.15) is 11.3 Å². The van der Waals surface area contributed by atoms with Crippen LogP contribution in [0.5, 0.6) is 5.75 Å². The van der Waals surface area contributed by atoms with Crippen LogP contribution in [0, 0.1) is 13.8 Å². The number of esters is 1. The average Bonchev–Trinajstić information content (AvgIpc) is 3.47. The molecule has 50 heavy (non-hydrogen) atoms. The number of ether oxygens (including phenoxy) is 3. The molecule has 0 saturated heterocycles. The van der Waals surface area contributed by atoms with Crippen LogP contribution in [-0.4, -0.2) is 54.7 Å². The Hall–Kier alpha value is -5.23. The Labute approximate surface area is 295 Å². The summed E-state index contributed by atoms with van der Waals surface area (Å²) in [5.41, 5.74) is 6.19. The number of benzene rings is 2. The van der Waals surface area contributed by atoms with E-state index in [4.69, 9.17) is 14.2 Å². The van der Waals surface area contributed by atoms with Crippen molar-refractivity contribution >= 4 is 40.9 Å². The molecule has 0 aliphatic carbocycles. The quantitative estimate of drug-likeness (QED) is 0.155. The van der Waals surface area contributed by atoms with E-state index in [0.29, 0.717) is 42.1 Å². The third kappa shape index (κ3) is 8.14. The zero-order chi connectivity index (χ0) is 36.2. The topological polar surface area (TPSA) is 145 Å². The van der Waals surface area contributed by atoms with E-state index in [-0.39, 0.29) is 23.5 Å². The van der Waals surface area contributed by atoms with Crippen LogP contribution < -0.4 is 20.7 Å². The minimum Gasteiger partial charge on any atom is -0.493 e. The molecule has 3 N–H and O–H groups in total. The summed E-state index contributed by atoms with van der Waals surface area (Å²) >= 11 is 1.58. The zero-order valence-corrected chi connectivity index (χ0v) is 30.2. The molecule has 5 rings (SSSR count). The lowest BCUT2D eigenvalue weighted by Gasteiger charge is -2.20. The van der Waals surface area contributed by atoms with Gasteiger partial charge >= 0.3 is 12.1 Å². The van der Waals surface area contributed by atoms with Crippen molar-refractivity contribution in [1.82, 2.24) is 15.6 Å². The van der Waals surface area contributed by atoms with Gasteiger partial charge in [-0.25, -0.2) is 14.6 Å². The fourth-order valence-electron chi connectivity index (χ4n) is 5.75. The van der Waals surface area contributed by atoms with Gasteiger partial charge < -0.3 is 30.2 Å². The number of amides is 3. The van der Waals surface area contributed by atoms with E-state index < -0.39 is 29.5 Å². The zero-order valence-electron chi connectivity index (χ0n) is 29.4. The lowest BCUT2D eigenvalue weighted by molar-refractivity contribution is 0.0522. The smallest absolute Gasteiger partial charge is 0.407 e. The molecule has 0 bridgehead atoms. The van der Waals surface area contributed by atoms with Crippen LogP contribution in [0.3, 0.4) is 0 Å². The van der Waals surface area contributed by atoms with Crippen LogP contribution >= 0.6 is 11.3 Å². The molecule has 2 aromatic carbocycles. The first-order valence-corrected chi connectivity index (χ1v) is 17.4. The number of hydrogen-bond acceptors (Lipinski definition) is 9. The minimum atomic E-state index is -0.755. The van der Waals surface area contributed by atoms with Gasteiger partial charge in [-0.15, -0.1) is 0 Å². The van der Waals surface area contributed by atoms with Crippen molar-refractivity contribution in [3.05, 3.63) is 86.4 Å². The molecule has 3 amide bonds. The molecular weight excluding hydrogens is 657 g/mol. The van der Waals surface area contributed by atoms with Crippen molar-refractivity contribution in [1.29, 1.82) is 0 Å². The highest BCUT2D eigenvalue weighted by atomic mass is 32.1. The summed E-state index contributed by atoms with van der Waals surface area (Å²) in [4.78, 5) is 57.0. The van der Waals surface area contributed by atoms with Crippen LogP contribution in [0.2, 0.25) is 0 Å². The molecule has 1 aliphatic rings. The van der Waals surface area contributed by atoms with Crippen LogP contribution in [-0.2, 0) is 22.4 Å². The number of aromatic nitrogens is 1. The standard InChI is InChI=1S/C38H42N4O7S/c1-8-12-39-35(44)30-10-9-25(33(41-30)36(45)47-7)26-17-31-27(29-20-50-19-24(29)11-13-48-31)16-28(26)34(43)42-32-21(2)14-23(15-22(32)3)18-40-37(46)49-38(4,5)6/h9-10,14-17,19-20H,8,11-13,18H2,1-7H3,(H,39,44)(H,40,46)(H,42,43). The van der Waals surface area contributed by atoms with E-state index in [1.807, 2.05) is 38.3 Å². The molecule has 1 aliphatic heterocycles. The number of nitrogens with zero attached hydrogens (tertiary/aromatic N) is 1. The Morgan fingerprint density at radius 1 is 0.920 bits per heavy atom. The maximum absolute atomic E-state index is 14.4. The second-order valence-corrected chi connectivity index (χ2v) is 13.8. The lowest BCUT2D eigenvalue weighted by atomic mass is 9.92. The van der Waals surface area contributed by atoms with E-state index in [1.54, 1.807) is 50.3 Å². The maximum atomic E-state index is 14.4. The lowest BCUT2D eigenvalue weighted by Crippen LogP contribution is -2.32. The molecule has 0 saturated carbocycles. The molecule has 0 spiro atoms. The second-order valence-electron chi connectivity index (χ2n) is 13.1. The van der Waals surface area contributed by atoms with Crippen LogP contribution in [0.4, 0.5) is 10.5 Å². The SMILES string of the molecule is CCCNC(=O)c1ccc(-c2cc3c(cc2C(=O)Nc2c(C)cc(CNC(=O)OC(C)(C)C)cc2C)-c2cscc2CCO3)c(C(=O)OC)n1. The summed E-state index contributed by atoms with van der Waals surface area (Å²) < 4.78 is 16.6. The predicted octanol–water partition coefficient (Wildman–Crippen LogP) is 7.23. The number of aryl methyl sites for hydroxylation is 2. The van der Waals surface area contributed by atoms with E-state index in [2.05, 4.69) is 26.3 Å². The summed E-state index contributed by atoms with van der Waals surface area (Å²) in [7, 11) is 1.24. The van der Waals surface area contributed by atoms with Gasteiger partial charge in [0.2, 0.25) is 0 Å². The third-order valence-electron chi connectivity index (χ3n) is 8.02. The predicted molar refractivity (Wildman–Crippen MR) is 193 cm³/mol. The Morgan fingerprint density at radius 3 is 2.34 bits per heavy atom. The number of fused-ring (bicyclic) bond motifs is 3. The van der Waals surface area contributed by atoms with Gasteiger partial charge in [0.15, 0.2) is 5.69 Å². The molecule has 11 nitrogen and oxygen atoms in total. The monoisotopic (exact) mass is 698 g/mol. The Balaban J connectivity index is 1.57. The van der Waals surface area contributed by atoms with Crippen molar-refractivity contribution < 1.29 is 33.4 Å². The van der Waals surface area contributed by atoms with E-state index >= 15 is 0 Å². The summed E-state index contributed by atoms with van der Waals surface area (Å²) in [6, 6.07) is 10.5. The van der Waals surface area contributed by atoms with Crippen molar-refractivity contribution in [3.63, 3.8) is 0 Å². The highest BCUT2D eigenvalue weighted by Gasteiger charge is 2.27. The van der Waals surface area contributed by atoms with Crippen LogP contribution in [0.25, 0.3) is 22.3 Å². The molecule has 0 unspecified atom stereocenters. The largest absolute Gasteiger partial charge is 0.493 e. The molecule has 262 valence electrons. The third-order valence-corrected chi connectivity index (χ3v) is 8.82. The van der Waals surface area contributed by atoms with Crippen molar-refractivity contribution in [2.24, 2.45) is 0 Å². The molecule has 12 heteroatoms. The van der Waals surface area contributed by atoms with E-state index in [1.165, 1.54) is 13.2 Å². The fourth-order valence-corrected chi connectivity index (χ4v) is 6.64. The van der Waals surface area contributed by atoms with Gasteiger partial charge in [-0.3, -0.25) is 9.59 Å². The molecule has 0 radical (unpaired) electrons. The first-order valence-electron chi connectivity index (χ1n) is 16.4. The Bertz CT molecular complexity index is 1940. The van der Waals surface area contributed by atoms with Gasteiger partial charge in [0, 0.05) is 47.5 Å². The maximum Gasteiger partial charge on any atom is 0.407 e. The summed E-state index contributed by atoms with van der Waals surface area (Å²) in [5.74, 6) is -1.04. The van der Waals surface area contributed by atoms with Gasteiger partial charge in [0.1, 0.15) is 17.0 Å². The first-order chi connectivity index (χ1) is 23.8. The number of anilines is 1. The van der Waals surface area contributed by atoms with Crippen LogP contribution in [0.1, 0.15) is 87.7 Å². The summed E-state index contributed by atoms with van der Waals surface area (Å²) in [6.07, 6.45) is 0.917. The molecule has 4 aromatic rings. The van der Waals surface area contributed by atoms with Crippen LogP contribution in [0.15, 0.2) is 47.2 Å². The van der Waals surface area contributed by atoms with Crippen molar-refractivity contribution in [3.8, 4) is 28.0 Å². The van der Waals surface area contributed by atoms with Gasteiger partial charge in [-0.1, -0.05) is 19.1 Å². The number of alkyl carbamates (subject to hydrolysis) is 1. The van der Waals surface area contributed by atoms with E-state index in [9.17, 15) is 19.2 Å². The van der Waals surface area contributed by atoms with E-state index in [0.717, 1.165) is 39.8 Å². The summed E-state index contributed by atoms with van der Waals surface area (Å²) in [5, 5.41) is 12.8. The number of hydrogen-bond donors (Lipinski definition) is 3. The number of thiophene rings is 1. The molecule has 0 fully saturated rings. The minimum absolute atomic E-state index is 0.0509. The number of methoxy groups -OCH3 is 1. The number of nitrogens with one attached hydrogen (secondary N) is 3. The highest BCUT2D eigenvalue weighted by molar-refractivity contribution is 7.08. The summed E-state index contributed by atoms with van der Waals surface area (Å²) in [6.45, 7) is 12.2. The normalized spacial score (nSPS) is 12.1. The van der Waals surface area contributed by atoms with Gasteiger partial charge in [-0.05, 0) is 104 Å². The number of carbonyl (C=O) groups excluding carboxylic acids is 4. The van der Waals surface area contributed by atoms with Gasteiger partial charge in [0.25, 0.3) is 11.8 Å².